The molecule has 0 saturated carbocycles. The number of aromatic nitrogens is 3. The van der Waals surface area contributed by atoms with Gasteiger partial charge in [0.25, 0.3) is 5.91 Å². The van der Waals surface area contributed by atoms with Crippen molar-refractivity contribution in [2.75, 3.05) is 18.6 Å². The molecule has 2 heterocycles. The second-order valence-corrected chi connectivity index (χ2v) is 7.00. The SMILES string of the molecule is CNC(=O)c1cc(Oc2ccc3[nH]c(Nc4ccccc4SC)nc3c2)ccn1. The minimum Gasteiger partial charge on any atom is -0.457 e. The van der Waals surface area contributed by atoms with Crippen molar-refractivity contribution in [3.63, 3.8) is 0 Å². The molecule has 0 atom stereocenters. The Morgan fingerprint density at radius 1 is 1.10 bits per heavy atom. The van der Waals surface area contributed by atoms with Gasteiger partial charge in [-0.25, -0.2) is 4.98 Å². The molecule has 0 bridgehead atoms. The molecule has 7 nitrogen and oxygen atoms in total. The zero-order valence-electron chi connectivity index (χ0n) is 15.9. The number of rotatable bonds is 6. The predicted molar refractivity (Wildman–Crippen MR) is 115 cm³/mol. The van der Waals surface area contributed by atoms with Gasteiger partial charge in [0.05, 0.1) is 16.7 Å². The van der Waals surface area contributed by atoms with Gasteiger partial charge in [0.2, 0.25) is 5.95 Å². The maximum Gasteiger partial charge on any atom is 0.269 e. The van der Waals surface area contributed by atoms with E-state index in [0.717, 1.165) is 21.6 Å². The van der Waals surface area contributed by atoms with Crippen molar-refractivity contribution < 1.29 is 9.53 Å². The molecule has 0 spiro atoms. The summed E-state index contributed by atoms with van der Waals surface area (Å²) in [5, 5.41) is 5.88. The van der Waals surface area contributed by atoms with Crippen molar-refractivity contribution >= 4 is 40.3 Å². The third kappa shape index (κ3) is 4.17. The number of pyridine rings is 1. The normalized spacial score (nSPS) is 10.7. The summed E-state index contributed by atoms with van der Waals surface area (Å²) in [5.74, 6) is 1.54. The van der Waals surface area contributed by atoms with Crippen LogP contribution in [0.1, 0.15) is 10.5 Å². The molecular weight excluding hydrogens is 386 g/mol. The maximum atomic E-state index is 11.7. The Kier molecular flexibility index (Phi) is 5.35. The fourth-order valence-electron chi connectivity index (χ4n) is 2.85. The van der Waals surface area contributed by atoms with Gasteiger partial charge in [0.1, 0.15) is 17.2 Å². The first-order chi connectivity index (χ1) is 14.2. The lowest BCUT2D eigenvalue weighted by Gasteiger charge is -2.07. The number of hydrogen-bond donors (Lipinski definition) is 3. The summed E-state index contributed by atoms with van der Waals surface area (Å²) in [7, 11) is 1.56. The van der Waals surface area contributed by atoms with Crippen molar-refractivity contribution in [3.05, 3.63) is 66.5 Å². The summed E-state index contributed by atoms with van der Waals surface area (Å²) in [6.07, 6.45) is 3.58. The number of ether oxygens (including phenoxy) is 1. The Hall–Kier alpha value is -3.52. The van der Waals surface area contributed by atoms with Gasteiger partial charge in [-0.15, -0.1) is 11.8 Å². The Morgan fingerprint density at radius 2 is 1.93 bits per heavy atom. The molecule has 4 aromatic rings. The maximum absolute atomic E-state index is 11.7. The van der Waals surface area contributed by atoms with Gasteiger partial charge in [-0.2, -0.15) is 0 Å². The number of anilines is 2. The summed E-state index contributed by atoms with van der Waals surface area (Å²) < 4.78 is 5.89. The van der Waals surface area contributed by atoms with Crippen molar-refractivity contribution in [2.45, 2.75) is 4.90 Å². The van der Waals surface area contributed by atoms with Crippen LogP contribution in [0.2, 0.25) is 0 Å². The molecule has 2 aromatic carbocycles. The molecule has 8 heteroatoms. The lowest BCUT2D eigenvalue weighted by molar-refractivity contribution is 0.0958. The van der Waals surface area contributed by atoms with E-state index in [1.807, 2.05) is 42.7 Å². The monoisotopic (exact) mass is 405 g/mol. The molecule has 0 aliphatic heterocycles. The minimum absolute atomic E-state index is 0.264. The third-order valence-electron chi connectivity index (χ3n) is 4.24. The number of H-pyrrole nitrogens is 1. The first-order valence-electron chi connectivity index (χ1n) is 8.92. The number of amides is 1. The molecule has 0 fully saturated rings. The van der Waals surface area contributed by atoms with Crippen LogP contribution in [-0.2, 0) is 0 Å². The van der Waals surface area contributed by atoms with Crippen molar-refractivity contribution in [2.24, 2.45) is 0 Å². The van der Waals surface area contributed by atoms with Crippen LogP contribution in [-0.4, -0.2) is 34.2 Å². The Morgan fingerprint density at radius 3 is 2.76 bits per heavy atom. The Balaban J connectivity index is 1.56. The second-order valence-electron chi connectivity index (χ2n) is 6.15. The van der Waals surface area contributed by atoms with E-state index in [2.05, 4.69) is 31.7 Å². The number of nitrogens with zero attached hydrogens (tertiary/aromatic N) is 2. The van der Waals surface area contributed by atoms with Gasteiger partial charge in [-0.1, -0.05) is 12.1 Å². The molecule has 0 aliphatic rings. The van der Waals surface area contributed by atoms with Gasteiger partial charge in [-0.3, -0.25) is 9.78 Å². The zero-order valence-corrected chi connectivity index (χ0v) is 16.7. The largest absolute Gasteiger partial charge is 0.457 e. The molecule has 0 unspecified atom stereocenters. The van der Waals surface area contributed by atoms with E-state index in [1.165, 1.54) is 6.20 Å². The average molecular weight is 405 g/mol. The van der Waals surface area contributed by atoms with Crippen molar-refractivity contribution in [1.82, 2.24) is 20.3 Å². The van der Waals surface area contributed by atoms with Crippen molar-refractivity contribution in [3.8, 4) is 11.5 Å². The number of hydrogen-bond acceptors (Lipinski definition) is 6. The summed E-state index contributed by atoms with van der Waals surface area (Å²) in [5.41, 5.74) is 2.95. The third-order valence-corrected chi connectivity index (χ3v) is 5.04. The molecule has 0 aliphatic carbocycles. The van der Waals surface area contributed by atoms with Crippen LogP contribution in [0.25, 0.3) is 11.0 Å². The van der Waals surface area contributed by atoms with Gasteiger partial charge >= 0.3 is 0 Å². The lowest BCUT2D eigenvalue weighted by Crippen LogP contribution is -2.18. The van der Waals surface area contributed by atoms with Crippen LogP contribution in [0.4, 0.5) is 11.6 Å². The molecule has 0 saturated heterocycles. The van der Waals surface area contributed by atoms with Crippen LogP contribution in [0.15, 0.2) is 65.7 Å². The highest BCUT2D eigenvalue weighted by Crippen LogP contribution is 2.29. The number of carbonyl (C=O) groups excluding carboxylic acids is 1. The number of thioether (sulfide) groups is 1. The molecule has 29 heavy (non-hydrogen) atoms. The van der Waals surface area contributed by atoms with E-state index < -0.39 is 0 Å². The Bertz CT molecular complexity index is 1170. The smallest absolute Gasteiger partial charge is 0.269 e. The number of benzene rings is 2. The highest BCUT2D eigenvalue weighted by atomic mass is 32.2. The van der Waals surface area contributed by atoms with Crippen LogP contribution < -0.4 is 15.4 Å². The summed E-state index contributed by atoms with van der Waals surface area (Å²) in [6, 6.07) is 17.0. The minimum atomic E-state index is -0.264. The molecule has 2 aromatic heterocycles. The van der Waals surface area contributed by atoms with E-state index >= 15 is 0 Å². The molecule has 3 N–H and O–H groups in total. The van der Waals surface area contributed by atoms with Crippen LogP contribution in [0, 0.1) is 0 Å². The number of para-hydroxylation sites is 1. The van der Waals surface area contributed by atoms with Gasteiger partial charge in [-0.05, 0) is 36.6 Å². The predicted octanol–water partition coefficient (Wildman–Crippen LogP) is 4.58. The zero-order chi connectivity index (χ0) is 20.2. The quantitative estimate of drug-likeness (QED) is 0.407. The lowest BCUT2D eigenvalue weighted by atomic mass is 10.3. The molecule has 4 rings (SSSR count). The number of fused-ring (bicyclic) bond motifs is 1. The molecular formula is C21H19N5O2S. The number of imidazole rings is 1. The fourth-order valence-corrected chi connectivity index (χ4v) is 3.40. The molecule has 146 valence electrons. The fraction of sp³-hybridized carbons (Fsp3) is 0.0952. The molecule has 1 amide bonds. The first kappa shape index (κ1) is 18.8. The van der Waals surface area contributed by atoms with E-state index in [9.17, 15) is 4.79 Å². The highest BCUT2D eigenvalue weighted by Gasteiger charge is 2.09. The van der Waals surface area contributed by atoms with Gasteiger partial charge in [0.15, 0.2) is 0 Å². The number of nitrogens with one attached hydrogen (secondary N) is 3. The Labute approximate surface area is 171 Å². The molecule has 0 radical (unpaired) electrons. The van der Waals surface area contributed by atoms with Gasteiger partial charge in [0, 0.05) is 30.3 Å². The first-order valence-corrected chi connectivity index (χ1v) is 10.1. The topological polar surface area (TPSA) is 91.9 Å². The van der Waals surface area contributed by atoms with E-state index in [0.29, 0.717) is 23.1 Å². The van der Waals surface area contributed by atoms with E-state index in [-0.39, 0.29) is 5.91 Å². The number of aromatic amines is 1. The van der Waals surface area contributed by atoms with Gasteiger partial charge < -0.3 is 20.4 Å². The summed E-state index contributed by atoms with van der Waals surface area (Å²) in [6.45, 7) is 0. The highest BCUT2D eigenvalue weighted by molar-refractivity contribution is 7.98. The van der Waals surface area contributed by atoms with Crippen molar-refractivity contribution in [1.29, 1.82) is 0 Å². The summed E-state index contributed by atoms with van der Waals surface area (Å²) in [4.78, 5) is 24.8. The van der Waals surface area contributed by atoms with E-state index in [1.54, 1.807) is 30.9 Å². The van der Waals surface area contributed by atoms with Crippen LogP contribution in [0.5, 0.6) is 11.5 Å². The van der Waals surface area contributed by atoms with Crippen LogP contribution in [0.3, 0.4) is 0 Å². The van der Waals surface area contributed by atoms with Crippen LogP contribution >= 0.6 is 11.8 Å². The second kappa shape index (κ2) is 8.24. The van der Waals surface area contributed by atoms with E-state index in [4.69, 9.17) is 4.74 Å². The number of carbonyl (C=O) groups is 1. The standard InChI is InChI=1S/C21H19N5O2S/c1-22-20(27)18-12-14(9-10-23-18)28-13-7-8-15-17(11-13)26-21(24-15)25-16-5-3-4-6-19(16)29-2/h3-12H,1-2H3,(H,22,27)(H2,24,25,26). The average Bonchev–Trinajstić information content (AvgIpc) is 3.15. The summed E-state index contributed by atoms with van der Waals surface area (Å²) >= 11 is 1.67.